The van der Waals surface area contributed by atoms with E-state index in [4.69, 9.17) is 11.6 Å². The fourth-order valence-electron chi connectivity index (χ4n) is 1.42. The minimum absolute atomic E-state index is 0.0267. The number of aliphatic hydroxyl groups is 1. The molecule has 1 N–H and O–H groups in total. The number of hydrogen-bond donors (Lipinski definition) is 1. The topological polar surface area (TPSA) is 66.3 Å². The predicted octanol–water partition coefficient (Wildman–Crippen LogP) is 0.367. The molecular weight excluding hydrogens is 225 g/mol. The van der Waals surface area contributed by atoms with Crippen molar-refractivity contribution in [2.75, 3.05) is 11.4 Å². The quantitative estimate of drug-likeness (QED) is 0.709. The molecule has 1 aliphatic heterocycles. The van der Waals surface area contributed by atoms with Crippen molar-refractivity contribution in [2.45, 2.75) is 12.5 Å². The second-order valence-corrected chi connectivity index (χ2v) is 3.51. The molecule has 0 spiro atoms. The molecule has 7 heteroatoms. The molecular formula is C8H7ClFN3O2. The fraction of sp³-hybridized carbons (Fsp3) is 0.375. The molecule has 1 atom stereocenters. The fourth-order valence-corrected chi connectivity index (χ4v) is 1.55. The van der Waals surface area contributed by atoms with E-state index < -0.39 is 11.9 Å². The molecule has 0 saturated carbocycles. The summed E-state index contributed by atoms with van der Waals surface area (Å²) in [5, 5.41) is 9.09. The SMILES string of the molecule is O=C1C[C@@H](O)CN1c1nc(Cl)ncc1F. The highest BCUT2D eigenvalue weighted by Gasteiger charge is 2.31. The van der Waals surface area contributed by atoms with Crippen LogP contribution in [0.2, 0.25) is 5.28 Å². The van der Waals surface area contributed by atoms with E-state index in [9.17, 15) is 14.3 Å². The molecule has 1 aromatic heterocycles. The molecule has 80 valence electrons. The van der Waals surface area contributed by atoms with Crippen LogP contribution < -0.4 is 4.90 Å². The Kier molecular flexibility index (Phi) is 2.54. The van der Waals surface area contributed by atoms with Crippen LogP contribution >= 0.6 is 11.6 Å². The lowest BCUT2D eigenvalue weighted by atomic mass is 10.3. The summed E-state index contributed by atoms with van der Waals surface area (Å²) in [4.78, 5) is 19.5. The molecule has 5 nitrogen and oxygen atoms in total. The summed E-state index contributed by atoms with van der Waals surface area (Å²) in [6.45, 7) is 0.0308. The van der Waals surface area contributed by atoms with Gasteiger partial charge in [-0.25, -0.2) is 9.37 Å². The summed E-state index contributed by atoms with van der Waals surface area (Å²) in [6.07, 6.45) is 0.0783. The Hall–Kier alpha value is -1.27. The van der Waals surface area contributed by atoms with Gasteiger partial charge in [0, 0.05) is 0 Å². The molecule has 0 aromatic carbocycles. The lowest BCUT2D eigenvalue weighted by Gasteiger charge is -2.14. The third-order valence-corrected chi connectivity index (χ3v) is 2.24. The van der Waals surface area contributed by atoms with Crippen molar-refractivity contribution in [2.24, 2.45) is 0 Å². The largest absolute Gasteiger partial charge is 0.391 e. The van der Waals surface area contributed by atoms with Crippen LogP contribution in [0.15, 0.2) is 6.20 Å². The molecule has 0 radical (unpaired) electrons. The molecule has 2 heterocycles. The van der Waals surface area contributed by atoms with E-state index in [1.54, 1.807) is 0 Å². The minimum atomic E-state index is -0.786. The highest BCUT2D eigenvalue weighted by molar-refractivity contribution is 6.28. The second-order valence-electron chi connectivity index (χ2n) is 3.17. The number of aromatic nitrogens is 2. The number of hydrogen-bond acceptors (Lipinski definition) is 4. The monoisotopic (exact) mass is 231 g/mol. The smallest absolute Gasteiger partial charge is 0.230 e. The number of anilines is 1. The number of β-amino-alcohol motifs (C(OH)–C–C–N with tert-alkyl or cyclic N) is 1. The average Bonchev–Trinajstić information content (AvgIpc) is 2.50. The summed E-state index contributed by atoms with van der Waals surface area (Å²) in [7, 11) is 0. The van der Waals surface area contributed by atoms with Gasteiger partial charge >= 0.3 is 0 Å². The van der Waals surface area contributed by atoms with Crippen LogP contribution in [0.3, 0.4) is 0 Å². The summed E-state index contributed by atoms with van der Waals surface area (Å²) < 4.78 is 13.3. The van der Waals surface area contributed by atoms with Gasteiger partial charge in [-0.3, -0.25) is 9.69 Å². The van der Waals surface area contributed by atoms with Gasteiger partial charge in [-0.05, 0) is 11.6 Å². The van der Waals surface area contributed by atoms with Gasteiger partial charge in [0.25, 0.3) is 0 Å². The van der Waals surface area contributed by atoms with Crippen LogP contribution in [0.1, 0.15) is 6.42 Å². The Morgan fingerprint density at radius 3 is 3.00 bits per heavy atom. The van der Waals surface area contributed by atoms with Gasteiger partial charge < -0.3 is 5.11 Å². The minimum Gasteiger partial charge on any atom is -0.391 e. The maximum absolute atomic E-state index is 13.3. The molecule has 1 saturated heterocycles. The van der Waals surface area contributed by atoms with Crippen LogP contribution in [0.4, 0.5) is 10.2 Å². The number of aliphatic hydroxyl groups excluding tert-OH is 1. The van der Waals surface area contributed by atoms with E-state index in [0.29, 0.717) is 0 Å². The Balaban J connectivity index is 2.37. The first-order valence-corrected chi connectivity index (χ1v) is 4.62. The standard InChI is InChI=1S/C8H7ClFN3O2/c9-8-11-2-5(10)7(12-8)13-3-4(14)1-6(13)15/h2,4,14H,1,3H2/t4-/m1/s1. The van der Waals surface area contributed by atoms with E-state index in [2.05, 4.69) is 9.97 Å². The Bertz CT molecular complexity index is 415. The molecule has 1 amide bonds. The number of halogens is 2. The zero-order valence-corrected chi connectivity index (χ0v) is 8.28. The summed E-state index contributed by atoms with van der Waals surface area (Å²) in [5.74, 6) is -1.30. The maximum atomic E-state index is 13.3. The molecule has 1 aromatic rings. The van der Waals surface area contributed by atoms with Crippen molar-refractivity contribution in [3.05, 3.63) is 17.3 Å². The van der Waals surface area contributed by atoms with Gasteiger partial charge in [-0.1, -0.05) is 0 Å². The van der Waals surface area contributed by atoms with E-state index in [1.165, 1.54) is 0 Å². The molecule has 0 aliphatic carbocycles. The van der Waals surface area contributed by atoms with Crippen LogP contribution in [0.25, 0.3) is 0 Å². The Morgan fingerprint density at radius 1 is 1.67 bits per heavy atom. The van der Waals surface area contributed by atoms with E-state index >= 15 is 0 Å². The molecule has 0 unspecified atom stereocenters. The lowest BCUT2D eigenvalue weighted by Crippen LogP contribution is -2.27. The molecule has 1 aliphatic rings. The van der Waals surface area contributed by atoms with Gasteiger partial charge in [-0.2, -0.15) is 4.98 Å². The molecule has 0 bridgehead atoms. The lowest BCUT2D eigenvalue weighted by molar-refractivity contribution is -0.117. The van der Waals surface area contributed by atoms with Crippen LogP contribution in [-0.2, 0) is 4.79 Å². The number of amides is 1. The number of carbonyl (C=O) groups is 1. The summed E-state index contributed by atoms with van der Waals surface area (Å²) in [5.41, 5.74) is 0. The highest BCUT2D eigenvalue weighted by Crippen LogP contribution is 2.22. The van der Waals surface area contributed by atoms with Crippen molar-refractivity contribution >= 4 is 23.3 Å². The van der Waals surface area contributed by atoms with Gasteiger partial charge in [0.05, 0.1) is 25.3 Å². The van der Waals surface area contributed by atoms with Gasteiger partial charge in [-0.15, -0.1) is 0 Å². The highest BCUT2D eigenvalue weighted by atomic mass is 35.5. The van der Waals surface area contributed by atoms with Crippen LogP contribution in [0.5, 0.6) is 0 Å². The second kappa shape index (κ2) is 3.71. The van der Waals surface area contributed by atoms with E-state index in [-0.39, 0.29) is 30.0 Å². The summed E-state index contributed by atoms with van der Waals surface area (Å²) in [6, 6.07) is 0. The van der Waals surface area contributed by atoms with Crippen molar-refractivity contribution < 1.29 is 14.3 Å². The molecule has 2 rings (SSSR count). The van der Waals surface area contributed by atoms with Crippen LogP contribution in [-0.4, -0.2) is 33.6 Å². The van der Waals surface area contributed by atoms with Gasteiger partial charge in [0.2, 0.25) is 11.2 Å². The Labute approximate surface area is 89.5 Å². The van der Waals surface area contributed by atoms with Crippen molar-refractivity contribution in [1.29, 1.82) is 0 Å². The van der Waals surface area contributed by atoms with Gasteiger partial charge in [0.1, 0.15) is 0 Å². The van der Waals surface area contributed by atoms with Crippen molar-refractivity contribution in [1.82, 2.24) is 9.97 Å². The van der Waals surface area contributed by atoms with Crippen LogP contribution in [0, 0.1) is 5.82 Å². The summed E-state index contributed by atoms with van der Waals surface area (Å²) >= 11 is 5.49. The van der Waals surface area contributed by atoms with E-state index in [1.807, 2.05) is 0 Å². The molecule has 1 fully saturated rings. The van der Waals surface area contributed by atoms with Crippen molar-refractivity contribution in [3.8, 4) is 0 Å². The average molecular weight is 232 g/mol. The van der Waals surface area contributed by atoms with Crippen molar-refractivity contribution in [3.63, 3.8) is 0 Å². The molecule has 15 heavy (non-hydrogen) atoms. The zero-order chi connectivity index (χ0) is 11.0. The number of carbonyl (C=O) groups excluding carboxylic acids is 1. The first kappa shape index (κ1) is 10.3. The number of nitrogens with zero attached hydrogens (tertiary/aromatic N) is 3. The zero-order valence-electron chi connectivity index (χ0n) is 7.52. The predicted molar refractivity (Wildman–Crippen MR) is 50.0 cm³/mol. The number of rotatable bonds is 1. The third-order valence-electron chi connectivity index (χ3n) is 2.06. The first-order valence-electron chi connectivity index (χ1n) is 4.24. The van der Waals surface area contributed by atoms with E-state index in [0.717, 1.165) is 11.1 Å². The van der Waals surface area contributed by atoms with Gasteiger partial charge in [0.15, 0.2) is 11.6 Å². The maximum Gasteiger partial charge on any atom is 0.230 e. The normalized spacial score (nSPS) is 21.1. The Morgan fingerprint density at radius 2 is 2.40 bits per heavy atom. The third kappa shape index (κ3) is 1.91. The first-order chi connectivity index (χ1) is 7.08.